The molecule has 1 unspecified atom stereocenters. The first-order valence-corrected chi connectivity index (χ1v) is 11.8. The van der Waals surface area contributed by atoms with E-state index < -0.39 is 0 Å². The van der Waals surface area contributed by atoms with Crippen LogP contribution in [0.3, 0.4) is 0 Å². The fraction of sp³-hybridized carbons (Fsp3) is 0.188. The Hall–Kier alpha value is -3.45. The molecule has 0 aliphatic carbocycles. The number of hydrogen-bond acceptors (Lipinski definition) is 0. The van der Waals surface area contributed by atoms with Gasteiger partial charge in [0.15, 0.2) is 0 Å². The first kappa shape index (κ1) is 22.7. The van der Waals surface area contributed by atoms with E-state index >= 15 is 0 Å². The molecule has 0 aromatic heterocycles. The van der Waals surface area contributed by atoms with Crippen molar-refractivity contribution < 1.29 is 4.39 Å². The number of hydrogen-bond donors (Lipinski definition) is 0. The van der Waals surface area contributed by atoms with Crippen LogP contribution in [0, 0.1) is 5.82 Å². The maximum atomic E-state index is 14.8. The number of benzene rings is 4. The molecule has 4 rings (SSSR count). The van der Waals surface area contributed by atoms with Gasteiger partial charge in [-0.1, -0.05) is 123 Å². The summed E-state index contributed by atoms with van der Waals surface area (Å²) < 4.78 is 14.8. The molecule has 0 bridgehead atoms. The zero-order chi connectivity index (χ0) is 23.0. The van der Waals surface area contributed by atoms with Gasteiger partial charge in [0.25, 0.3) is 0 Å². The Morgan fingerprint density at radius 2 is 1.39 bits per heavy atom. The molecule has 0 fully saturated rings. The van der Waals surface area contributed by atoms with E-state index in [0.29, 0.717) is 11.5 Å². The van der Waals surface area contributed by atoms with Crippen LogP contribution in [-0.2, 0) is 12.8 Å². The quantitative estimate of drug-likeness (QED) is 0.243. The third-order valence-corrected chi connectivity index (χ3v) is 6.17. The Morgan fingerprint density at radius 1 is 0.727 bits per heavy atom. The molecule has 0 saturated carbocycles. The summed E-state index contributed by atoms with van der Waals surface area (Å²) in [6.07, 6.45) is 7.03. The molecule has 4 aromatic carbocycles. The van der Waals surface area contributed by atoms with Crippen LogP contribution >= 0.6 is 0 Å². The highest BCUT2D eigenvalue weighted by atomic mass is 19.1. The van der Waals surface area contributed by atoms with E-state index in [1.54, 1.807) is 6.07 Å². The van der Waals surface area contributed by atoms with Crippen molar-refractivity contribution in [3.8, 4) is 11.1 Å². The third-order valence-electron chi connectivity index (χ3n) is 6.17. The fourth-order valence-corrected chi connectivity index (χ4v) is 4.20. The molecule has 0 nitrogen and oxygen atoms in total. The zero-order valence-corrected chi connectivity index (χ0v) is 19.5. The summed E-state index contributed by atoms with van der Waals surface area (Å²) in [6, 6.07) is 33.1. The molecule has 0 aliphatic heterocycles. The average Bonchev–Trinajstić information content (AvgIpc) is 2.85. The third kappa shape index (κ3) is 6.08. The van der Waals surface area contributed by atoms with Crippen LogP contribution < -0.4 is 0 Å². The molecular formula is C32H31F. The van der Waals surface area contributed by atoms with Crippen molar-refractivity contribution in [1.29, 1.82) is 0 Å². The highest BCUT2D eigenvalue weighted by Crippen LogP contribution is 2.24. The number of halogens is 1. The van der Waals surface area contributed by atoms with Crippen molar-refractivity contribution in [3.63, 3.8) is 0 Å². The molecule has 1 atom stereocenters. The molecule has 0 radical (unpaired) electrons. The second-order valence-electron chi connectivity index (χ2n) is 8.77. The van der Waals surface area contributed by atoms with Crippen molar-refractivity contribution in [2.75, 3.05) is 0 Å². The van der Waals surface area contributed by atoms with Crippen molar-refractivity contribution in [1.82, 2.24) is 0 Å². The Labute approximate surface area is 197 Å². The zero-order valence-electron chi connectivity index (χ0n) is 19.5. The summed E-state index contributed by atoms with van der Waals surface area (Å²) in [5.74, 6) is 0.276. The predicted octanol–water partition coefficient (Wildman–Crippen LogP) is 8.96. The molecular weight excluding hydrogens is 403 g/mol. The second kappa shape index (κ2) is 10.9. The molecule has 4 aromatic rings. The van der Waals surface area contributed by atoms with Crippen LogP contribution in [0.1, 0.15) is 54.0 Å². The van der Waals surface area contributed by atoms with Crippen LogP contribution in [-0.4, -0.2) is 0 Å². The van der Waals surface area contributed by atoms with Crippen molar-refractivity contribution in [2.45, 2.75) is 39.0 Å². The van der Waals surface area contributed by atoms with Gasteiger partial charge in [-0.25, -0.2) is 4.39 Å². The summed E-state index contributed by atoms with van der Waals surface area (Å²) in [5, 5.41) is 0. The SMILES string of the molecule is CCCc1ccc(-c2ccc(/C=C/c3ccc(CC(C)c4ccccc4)cc3)c(F)c2)cc1. The van der Waals surface area contributed by atoms with E-state index in [4.69, 9.17) is 0 Å². The Morgan fingerprint density at radius 3 is 2.06 bits per heavy atom. The summed E-state index contributed by atoms with van der Waals surface area (Å²) in [6.45, 7) is 4.44. The van der Waals surface area contributed by atoms with E-state index in [2.05, 4.69) is 92.7 Å². The second-order valence-corrected chi connectivity index (χ2v) is 8.77. The van der Waals surface area contributed by atoms with Crippen LogP contribution in [0.15, 0.2) is 97.1 Å². The summed E-state index contributed by atoms with van der Waals surface area (Å²) in [5.41, 5.74) is 7.61. The molecule has 166 valence electrons. The Balaban J connectivity index is 1.41. The van der Waals surface area contributed by atoms with Crippen molar-refractivity contribution >= 4 is 12.2 Å². The van der Waals surface area contributed by atoms with E-state index in [1.165, 1.54) is 16.7 Å². The van der Waals surface area contributed by atoms with Gasteiger partial charge in [-0.2, -0.15) is 0 Å². The van der Waals surface area contributed by atoms with E-state index in [9.17, 15) is 4.39 Å². The van der Waals surface area contributed by atoms with Gasteiger partial charge in [0, 0.05) is 5.56 Å². The molecule has 0 N–H and O–H groups in total. The van der Waals surface area contributed by atoms with Crippen LogP contribution in [0.25, 0.3) is 23.3 Å². The minimum atomic E-state index is -0.199. The van der Waals surface area contributed by atoms with E-state index in [-0.39, 0.29) is 5.82 Å². The maximum Gasteiger partial charge on any atom is 0.131 e. The normalized spacial score (nSPS) is 12.2. The molecule has 0 saturated heterocycles. The lowest BCUT2D eigenvalue weighted by molar-refractivity contribution is 0.625. The smallest absolute Gasteiger partial charge is 0.131 e. The first-order valence-electron chi connectivity index (χ1n) is 11.8. The predicted molar refractivity (Wildman–Crippen MR) is 140 cm³/mol. The fourth-order valence-electron chi connectivity index (χ4n) is 4.20. The van der Waals surface area contributed by atoms with Gasteiger partial charge >= 0.3 is 0 Å². The van der Waals surface area contributed by atoms with E-state index in [0.717, 1.165) is 36.0 Å². The average molecular weight is 435 g/mol. The molecule has 0 heterocycles. The van der Waals surface area contributed by atoms with Gasteiger partial charge in [0.1, 0.15) is 5.82 Å². The largest absolute Gasteiger partial charge is 0.206 e. The monoisotopic (exact) mass is 434 g/mol. The topological polar surface area (TPSA) is 0 Å². The minimum Gasteiger partial charge on any atom is -0.206 e. The van der Waals surface area contributed by atoms with Crippen molar-refractivity contribution in [3.05, 3.63) is 131 Å². The lowest BCUT2D eigenvalue weighted by Gasteiger charge is -2.12. The van der Waals surface area contributed by atoms with Gasteiger partial charge in [0.2, 0.25) is 0 Å². The van der Waals surface area contributed by atoms with Crippen LogP contribution in [0.2, 0.25) is 0 Å². The Kier molecular flexibility index (Phi) is 7.52. The van der Waals surface area contributed by atoms with Gasteiger partial charge in [-0.3, -0.25) is 0 Å². The van der Waals surface area contributed by atoms with Crippen LogP contribution in [0.5, 0.6) is 0 Å². The molecule has 0 aliphatic rings. The highest BCUT2D eigenvalue weighted by molar-refractivity contribution is 5.72. The summed E-state index contributed by atoms with van der Waals surface area (Å²) in [4.78, 5) is 0. The first-order chi connectivity index (χ1) is 16.1. The maximum absolute atomic E-state index is 14.8. The lowest BCUT2D eigenvalue weighted by Crippen LogP contribution is -1.98. The molecule has 1 heteroatoms. The van der Waals surface area contributed by atoms with Gasteiger partial charge < -0.3 is 0 Å². The summed E-state index contributed by atoms with van der Waals surface area (Å²) in [7, 11) is 0. The number of aryl methyl sites for hydroxylation is 1. The standard InChI is InChI=1S/C32H31F/c1-3-7-25-14-17-29(18-15-25)31-21-20-30(32(33)23-31)19-16-26-10-12-27(13-11-26)22-24(2)28-8-5-4-6-9-28/h4-6,8-21,23-24H,3,7,22H2,1-2H3/b19-16+. The highest BCUT2D eigenvalue weighted by Gasteiger charge is 2.06. The molecule has 0 amide bonds. The summed E-state index contributed by atoms with van der Waals surface area (Å²) >= 11 is 0. The molecule has 0 spiro atoms. The Bertz CT molecular complexity index is 1190. The number of rotatable bonds is 8. The molecule has 33 heavy (non-hydrogen) atoms. The van der Waals surface area contributed by atoms with Gasteiger partial charge in [-0.05, 0) is 58.2 Å². The lowest BCUT2D eigenvalue weighted by atomic mass is 9.93. The van der Waals surface area contributed by atoms with Gasteiger partial charge in [-0.15, -0.1) is 0 Å². The van der Waals surface area contributed by atoms with Crippen LogP contribution in [0.4, 0.5) is 4.39 Å². The van der Waals surface area contributed by atoms with E-state index in [1.807, 2.05) is 24.3 Å². The minimum absolute atomic E-state index is 0.199. The van der Waals surface area contributed by atoms with Gasteiger partial charge in [0.05, 0.1) is 0 Å². The van der Waals surface area contributed by atoms with Crippen molar-refractivity contribution in [2.24, 2.45) is 0 Å².